The summed E-state index contributed by atoms with van der Waals surface area (Å²) >= 11 is 6.01. The number of hydrogen-bond donors (Lipinski definition) is 0. The number of carbonyl (C=O) groups excluding carboxylic acids is 1. The molecule has 0 N–H and O–H groups in total. The highest BCUT2D eigenvalue weighted by atomic mass is 35.5. The van der Waals surface area contributed by atoms with Crippen LogP contribution in [0.2, 0.25) is 5.15 Å². The Morgan fingerprint density at radius 1 is 1.43 bits per heavy atom. The summed E-state index contributed by atoms with van der Waals surface area (Å²) in [7, 11) is 1.76. The number of likely N-dealkylation sites (N-methyl/N-ethyl adjacent to an activating group) is 1. The summed E-state index contributed by atoms with van der Waals surface area (Å²) in [6.45, 7) is 2.76. The third-order valence-corrected chi connectivity index (χ3v) is 4.16. The topological polar surface area (TPSA) is 77.4 Å². The molecule has 122 valence electrons. The molecule has 23 heavy (non-hydrogen) atoms. The molecular formula is C15H17ClN4O3. The molecule has 3 heterocycles. The van der Waals surface area contributed by atoms with Crippen LogP contribution in [0, 0.1) is 0 Å². The maximum Gasteiger partial charge on any atom is 0.248 e. The van der Waals surface area contributed by atoms with Crippen molar-refractivity contribution in [2.45, 2.75) is 18.9 Å². The zero-order valence-corrected chi connectivity index (χ0v) is 13.7. The molecule has 0 spiro atoms. The molecule has 1 amide bonds. The van der Waals surface area contributed by atoms with E-state index in [1.165, 1.54) is 0 Å². The first-order valence-electron chi connectivity index (χ1n) is 7.31. The van der Waals surface area contributed by atoms with E-state index in [-0.39, 0.29) is 24.3 Å². The Morgan fingerprint density at radius 2 is 2.22 bits per heavy atom. The van der Waals surface area contributed by atoms with Crippen LogP contribution in [0.3, 0.4) is 0 Å². The number of ether oxygens (including phenoxy) is 2. The Morgan fingerprint density at radius 3 is 2.96 bits per heavy atom. The van der Waals surface area contributed by atoms with E-state index in [0.717, 1.165) is 0 Å². The lowest BCUT2D eigenvalue weighted by atomic mass is 9.99. The van der Waals surface area contributed by atoms with Gasteiger partial charge in [0.1, 0.15) is 24.0 Å². The summed E-state index contributed by atoms with van der Waals surface area (Å²) in [6.07, 6.45) is 3.86. The molecule has 3 rings (SSSR count). The van der Waals surface area contributed by atoms with Gasteiger partial charge in [0.05, 0.1) is 12.1 Å². The molecule has 1 unspecified atom stereocenters. The van der Waals surface area contributed by atoms with Crippen molar-refractivity contribution in [3.63, 3.8) is 0 Å². The second-order valence-electron chi connectivity index (χ2n) is 5.54. The monoisotopic (exact) mass is 336 g/mol. The summed E-state index contributed by atoms with van der Waals surface area (Å²) < 4.78 is 11.6. The molecule has 0 radical (unpaired) electrons. The van der Waals surface area contributed by atoms with Gasteiger partial charge in [-0.05, 0) is 6.42 Å². The first-order chi connectivity index (χ1) is 11.0. The standard InChI is InChI=1S/C15H17ClN4O3/c1-3-15(8-20(2)12(21)7-23-15)9-22-14-13-10(6-11(16)19-14)17-4-5-18-13/h4-6H,3,7-9H2,1-2H3. The third-order valence-electron chi connectivity index (χ3n) is 3.96. The van der Waals surface area contributed by atoms with Crippen LogP contribution in [0.15, 0.2) is 18.5 Å². The van der Waals surface area contributed by atoms with Crippen molar-refractivity contribution in [1.82, 2.24) is 19.9 Å². The normalized spacial score (nSPS) is 21.7. The second kappa shape index (κ2) is 6.25. The van der Waals surface area contributed by atoms with Gasteiger partial charge in [0.2, 0.25) is 11.8 Å². The predicted molar refractivity (Wildman–Crippen MR) is 84.4 cm³/mol. The smallest absolute Gasteiger partial charge is 0.248 e. The van der Waals surface area contributed by atoms with Crippen molar-refractivity contribution < 1.29 is 14.3 Å². The van der Waals surface area contributed by atoms with E-state index >= 15 is 0 Å². The van der Waals surface area contributed by atoms with Crippen LogP contribution in [0.25, 0.3) is 11.0 Å². The second-order valence-corrected chi connectivity index (χ2v) is 5.93. The van der Waals surface area contributed by atoms with Crippen molar-refractivity contribution in [3.05, 3.63) is 23.6 Å². The fourth-order valence-corrected chi connectivity index (χ4v) is 2.69. The average molecular weight is 337 g/mol. The number of hydrogen-bond acceptors (Lipinski definition) is 6. The van der Waals surface area contributed by atoms with Crippen molar-refractivity contribution in [2.75, 3.05) is 26.8 Å². The lowest BCUT2D eigenvalue weighted by Crippen LogP contribution is -2.55. The Hall–Kier alpha value is -1.99. The first kappa shape index (κ1) is 15.9. The highest BCUT2D eigenvalue weighted by molar-refractivity contribution is 6.30. The van der Waals surface area contributed by atoms with Crippen molar-refractivity contribution in [2.24, 2.45) is 0 Å². The maximum absolute atomic E-state index is 11.6. The van der Waals surface area contributed by atoms with E-state index in [1.54, 1.807) is 30.4 Å². The van der Waals surface area contributed by atoms with Crippen molar-refractivity contribution in [3.8, 4) is 5.88 Å². The number of carbonyl (C=O) groups is 1. The molecule has 0 saturated carbocycles. The summed E-state index contributed by atoms with van der Waals surface area (Å²) in [4.78, 5) is 25.9. The molecule has 2 aromatic heterocycles. The van der Waals surface area contributed by atoms with E-state index in [1.807, 2.05) is 6.92 Å². The number of amides is 1. The van der Waals surface area contributed by atoms with E-state index in [4.69, 9.17) is 21.1 Å². The van der Waals surface area contributed by atoms with Crippen LogP contribution in [0.4, 0.5) is 0 Å². The van der Waals surface area contributed by atoms with Gasteiger partial charge in [-0.15, -0.1) is 0 Å². The minimum Gasteiger partial charge on any atom is -0.473 e. The summed E-state index contributed by atoms with van der Waals surface area (Å²) in [6, 6.07) is 1.63. The molecule has 1 aliphatic heterocycles. The third kappa shape index (κ3) is 3.20. The Kier molecular flexibility index (Phi) is 4.32. The summed E-state index contributed by atoms with van der Waals surface area (Å²) in [5.41, 5.74) is 0.592. The number of fused-ring (bicyclic) bond motifs is 1. The highest BCUT2D eigenvalue weighted by Crippen LogP contribution is 2.27. The number of morpholine rings is 1. The number of halogens is 1. The van der Waals surface area contributed by atoms with Crippen LogP contribution >= 0.6 is 11.6 Å². The SMILES string of the molecule is CCC1(COc2nc(Cl)cc3nccnc23)CN(C)C(=O)CO1. The number of pyridine rings is 1. The molecule has 8 heteroatoms. The van der Waals surface area contributed by atoms with Gasteiger partial charge >= 0.3 is 0 Å². The van der Waals surface area contributed by atoms with Crippen LogP contribution in [0.1, 0.15) is 13.3 Å². The molecule has 7 nitrogen and oxygen atoms in total. The number of rotatable bonds is 4. The lowest BCUT2D eigenvalue weighted by molar-refractivity contribution is -0.166. The van der Waals surface area contributed by atoms with E-state index in [9.17, 15) is 4.79 Å². The van der Waals surface area contributed by atoms with Crippen LogP contribution < -0.4 is 4.74 Å². The zero-order valence-electron chi connectivity index (χ0n) is 13.0. The summed E-state index contributed by atoms with van der Waals surface area (Å²) in [5.74, 6) is 0.280. The van der Waals surface area contributed by atoms with E-state index in [0.29, 0.717) is 29.9 Å². The average Bonchev–Trinajstić information content (AvgIpc) is 2.56. The fraction of sp³-hybridized carbons (Fsp3) is 0.467. The Labute approximate surface area is 138 Å². The van der Waals surface area contributed by atoms with Crippen LogP contribution in [-0.4, -0.2) is 58.2 Å². The number of nitrogens with zero attached hydrogens (tertiary/aromatic N) is 4. The molecule has 0 aliphatic carbocycles. The first-order valence-corrected chi connectivity index (χ1v) is 7.69. The Balaban J connectivity index is 1.83. The quantitative estimate of drug-likeness (QED) is 0.791. The predicted octanol–water partition coefficient (Wildman–Crippen LogP) is 1.69. The summed E-state index contributed by atoms with van der Waals surface area (Å²) in [5, 5.41) is 0.287. The highest BCUT2D eigenvalue weighted by Gasteiger charge is 2.38. The van der Waals surface area contributed by atoms with Gasteiger partial charge in [0.25, 0.3) is 0 Å². The minimum absolute atomic E-state index is 0.0359. The molecule has 1 aliphatic rings. The van der Waals surface area contributed by atoms with Crippen molar-refractivity contribution in [1.29, 1.82) is 0 Å². The van der Waals surface area contributed by atoms with Gasteiger partial charge in [-0.1, -0.05) is 18.5 Å². The fourth-order valence-electron chi connectivity index (χ4n) is 2.51. The molecule has 0 bridgehead atoms. The minimum atomic E-state index is -0.568. The molecular weight excluding hydrogens is 320 g/mol. The van der Waals surface area contributed by atoms with Gasteiger partial charge in [-0.2, -0.15) is 4.98 Å². The van der Waals surface area contributed by atoms with Crippen molar-refractivity contribution >= 4 is 28.5 Å². The molecule has 1 atom stereocenters. The van der Waals surface area contributed by atoms with E-state index in [2.05, 4.69) is 15.0 Å². The molecule has 1 fully saturated rings. The van der Waals surface area contributed by atoms with E-state index < -0.39 is 5.60 Å². The van der Waals surface area contributed by atoms with Crippen LogP contribution in [-0.2, 0) is 9.53 Å². The Bertz CT molecular complexity index is 742. The number of aromatic nitrogens is 3. The zero-order chi connectivity index (χ0) is 16.4. The lowest BCUT2D eigenvalue weighted by Gasteiger charge is -2.40. The molecule has 0 aromatic carbocycles. The van der Waals surface area contributed by atoms with Gasteiger partial charge in [0, 0.05) is 25.5 Å². The largest absolute Gasteiger partial charge is 0.473 e. The molecule has 1 saturated heterocycles. The van der Waals surface area contributed by atoms with Gasteiger partial charge in [-0.25, -0.2) is 4.98 Å². The van der Waals surface area contributed by atoms with Gasteiger partial charge in [0.15, 0.2) is 5.52 Å². The van der Waals surface area contributed by atoms with Gasteiger partial charge in [-0.3, -0.25) is 9.78 Å². The maximum atomic E-state index is 11.6. The van der Waals surface area contributed by atoms with Gasteiger partial charge < -0.3 is 14.4 Å². The van der Waals surface area contributed by atoms with Crippen LogP contribution in [0.5, 0.6) is 5.88 Å². The molecule has 2 aromatic rings.